The average molecular weight is 327 g/mol. The van der Waals surface area contributed by atoms with E-state index in [1.165, 1.54) is 12.3 Å². The van der Waals surface area contributed by atoms with Crippen LogP contribution >= 0.6 is 23.2 Å². The quantitative estimate of drug-likeness (QED) is 0.676. The molecule has 7 heteroatoms. The van der Waals surface area contributed by atoms with Crippen molar-refractivity contribution >= 4 is 35.3 Å². The Kier molecular flexibility index (Phi) is 5.25. The number of hydrogen-bond donors (Lipinski definition) is 1. The summed E-state index contributed by atoms with van der Waals surface area (Å²) in [5.74, 6) is 1.28. The molecule has 0 aliphatic carbocycles. The van der Waals surface area contributed by atoms with E-state index >= 15 is 0 Å². The lowest BCUT2D eigenvalue weighted by atomic mass is 10.3. The minimum Gasteiger partial charge on any atom is -0.482 e. The molecule has 0 saturated carbocycles. The monoisotopic (exact) mass is 326 g/mol. The SMILES string of the molecule is Cc1ccc(/C=N\NC(=O)COc2ccc(Cl)cc2Cl)o1. The molecule has 0 saturated heterocycles. The van der Waals surface area contributed by atoms with Crippen molar-refractivity contribution in [2.24, 2.45) is 5.10 Å². The average Bonchev–Trinajstić information content (AvgIpc) is 2.83. The lowest BCUT2D eigenvalue weighted by molar-refractivity contribution is -0.123. The third-order valence-corrected chi connectivity index (χ3v) is 2.93. The fourth-order valence-corrected chi connectivity index (χ4v) is 1.92. The summed E-state index contributed by atoms with van der Waals surface area (Å²) in [6.07, 6.45) is 1.40. The number of nitrogens with one attached hydrogen (secondary N) is 1. The molecule has 2 rings (SSSR count). The molecule has 0 spiro atoms. The van der Waals surface area contributed by atoms with E-state index in [0.717, 1.165) is 5.76 Å². The van der Waals surface area contributed by atoms with Gasteiger partial charge in [-0.15, -0.1) is 0 Å². The van der Waals surface area contributed by atoms with Crippen molar-refractivity contribution in [2.75, 3.05) is 6.61 Å². The first-order valence-corrected chi connectivity index (χ1v) is 6.76. The maximum absolute atomic E-state index is 11.5. The summed E-state index contributed by atoms with van der Waals surface area (Å²) in [5, 5.41) is 4.58. The lowest BCUT2D eigenvalue weighted by Crippen LogP contribution is -2.24. The molecule has 0 radical (unpaired) electrons. The van der Waals surface area contributed by atoms with E-state index in [0.29, 0.717) is 21.6 Å². The standard InChI is InChI=1S/C14H12Cl2N2O3/c1-9-2-4-11(21-9)7-17-18-14(19)8-20-13-5-3-10(15)6-12(13)16/h2-7H,8H2,1H3,(H,18,19)/b17-7-. The highest BCUT2D eigenvalue weighted by atomic mass is 35.5. The minimum absolute atomic E-state index is 0.212. The molecular weight excluding hydrogens is 315 g/mol. The third kappa shape index (κ3) is 4.81. The molecule has 0 fully saturated rings. The van der Waals surface area contributed by atoms with Gasteiger partial charge in [0.1, 0.15) is 17.3 Å². The summed E-state index contributed by atoms with van der Waals surface area (Å²) in [6, 6.07) is 8.29. The molecule has 1 N–H and O–H groups in total. The molecular formula is C14H12Cl2N2O3. The molecule has 21 heavy (non-hydrogen) atoms. The van der Waals surface area contributed by atoms with E-state index < -0.39 is 5.91 Å². The molecule has 1 amide bonds. The Labute approximate surface area is 131 Å². The zero-order valence-electron chi connectivity index (χ0n) is 11.1. The zero-order valence-corrected chi connectivity index (χ0v) is 12.6. The first-order valence-electron chi connectivity index (χ1n) is 6.01. The number of amides is 1. The first kappa shape index (κ1) is 15.4. The van der Waals surface area contributed by atoms with Gasteiger partial charge in [-0.2, -0.15) is 5.10 Å². The second kappa shape index (κ2) is 7.15. The van der Waals surface area contributed by atoms with Gasteiger partial charge in [0.15, 0.2) is 6.61 Å². The summed E-state index contributed by atoms with van der Waals surface area (Å²) in [5.41, 5.74) is 2.32. The Morgan fingerprint density at radius 2 is 2.19 bits per heavy atom. The van der Waals surface area contributed by atoms with Crippen LogP contribution < -0.4 is 10.2 Å². The van der Waals surface area contributed by atoms with Gasteiger partial charge in [-0.1, -0.05) is 23.2 Å². The van der Waals surface area contributed by atoms with E-state index in [1.807, 2.05) is 6.92 Å². The van der Waals surface area contributed by atoms with Crippen LogP contribution in [-0.4, -0.2) is 18.7 Å². The van der Waals surface area contributed by atoms with Gasteiger partial charge >= 0.3 is 0 Å². The number of hydrazone groups is 1. The number of halogens is 2. The van der Waals surface area contributed by atoms with Gasteiger partial charge < -0.3 is 9.15 Å². The highest BCUT2D eigenvalue weighted by molar-refractivity contribution is 6.35. The van der Waals surface area contributed by atoms with Crippen LogP contribution in [0.4, 0.5) is 0 Å². The second-order valence-corrected chi connectivity index (χ2v) is 4.95. The molecule has 0 bridgehead atoms. The fourth-order valence-electron chi connectivity index (χ4n) is 1.46. The molecule has 1 aromatic heterocycles. The molecule has 0 unspecified atom stereocenters. The number of carbonyl (C=O) groups excluding carboxylic acids is 1. The molecule has 1 heterocycles. The predicted octanol–water partition coefficient (Wildman–Crippen LogP) is 3.42. The van der Waals surface area contributed by atoms with Crippen LogP contribution in [0.1, 0.15) is 11.5 Å². The van der Waals surface area contributed by atoms with Gasteiger partial charge in [0.2, 0.25) is 0 Å². The highest BCUT2D eigenvalue weighted by Gasteiger charge is 2.05. The number of carbonyl (C=O) groups is 1. The number of furan rings is 1. The Bertz CT molecular complexity index is 668. The smallest absolute Gasteiger partial charge is 0.277 e. The Balaban J connectivity index is 1.81. The van der Waals surface area contributed by atoms with Gasteiger partial charge in [-0.05, 0) is 37.3 Å². The van der Waals surface area contributed by atoms with Gasteiger partial charge in [0, 0.05) is 5.02 Å². The van der Waals surface area contributed by atoms with Gasteiger partial charge in [-0.25, -0.2) is 5.43 Å². The number of hydrogen-bond acceptors (Lipinski definition) is 4. The number of rotatable bonds is 5. The predicted molar refractivity (Wildman–Crippen MR) is 81.1 cm³/mol. The number of nitrogens with zero attached hydrogens (tertiary/aromatic N) is 1. The van der Waals surface area contributed by atoms with Crippen LogP contribution in [-0.2, 0) is 4.79 Å². The minimum atomic E-state index is -0.416. The van der Waals surface area contributed by atoms with Crippen molar-refractivity contribution in [1.29, 1.82) is 0 Å². The molecule has 110 valence electrons. The maximum Gasteiger partial charge on any atom is 0.277 e. The second-order valence-electron chi connectivity index (χ2n) is 4.11. The molecule has 0 atom stereocenters. The number of benzene rings is 1. The normalized spacial score (nSPS) is 10.8. The van der Waals surface area contributed by atoms with Crippen LogP contribution in [0.5, 0.6) is 5.75 Å². The van der Waals surface area contributed by atoms with Gasteiger partial charge in [-0.3, -0.25) is 4.79 Å². The van der Waals surface area contributed by atoms with E-state index in [-0.39, 0.29) is 6.61 Å². The summed E-state index contributed by atoms with van der Waals surface area (Å²) >= 11 is 11.7. The van der Waals surface area contributed by atoms with E-state index in [4.69, 9.17) is 32.4 Å². The lowest BCUT2D eigenvalue weighted by Gasteiger charge is -2.06. The fraction of sp³-hybridized carbons (Fsp3) is 0.143. The number of aryl methyl sites for hydroxylation is 1. The Hall–Kier alpha value is -1.98. The summed E-state index contributed by atoms with van der Waals surface area (Å²) < 4.78 is 10.5. The van der Waals surface area contributed by atoms with E-state index in [1.54, 1.807) is 24.3 Å². The summed E-state index contributed by atoms with van der Waals surface area (Å²) in [7, 11) is 0. The van der Waals surface area contributed by atoms with Gasteiger partial charge in [0.25, 0.3) is 5.91 Å². The number of ether oxygens (including phenoxy) is 1. The van der Waals surface area contributed by atoms with Crippen LogP contribution in [0.25, 0.3) is 0 Å². The van der Waals surface area contributed by atoms with Crippen molar-refractivity contribution in [3.05, 3.63) is 51.9 Å². The maximum atomic E-state index is 11.5. The Morgan fingerprint density at radius 1 is 1.38 bits per heavy atom. The van der Waals surface area contributed by atoms with Crippen molar-refractivity contribution in [2.45, 2.75) is 6.92 Å². The first-order chi connectivity index (χ1) is 10.0. The zero-order chi connectivity index (χ0) is 15.2. The Morgan fingerprint density at radius 3 is 2.86 bits per heavy atom. The van der Waals surface area contributed by atoms with Crippen LogP contribution in [0.3, 0.4) is 0 Å². The van der Waals surface area contributed by atoms with Crippen molar-refractivity contribution in [3.8, 4) is 5.75 Å². The summed E-state index contributed by atoms with van der Waals surface area (Å²) in [6.45, 7) is 1.61. The van der Waals surface area contributed by atoms with Crippen molar-refractivity contribution < 1.29 is 13.9 Å². The third-order valence-electron chi connectivity index (χ3n) is 2.39. The summed E-state index contributed by atoms with van der Waals surface area (Å²) in [4.78, 5) is 11.5. The van der Waals surface area contributed by atoms with E-state index in [2.05, 4.69) is 10.5 Å². The molecule has 0 aliphatic heterocycles. The molecule has 1 aromatic carbocycles. The van der Waals surface area contributed by atoms with Crippen molar-refractivity contribution in [3.63, 3.8) is 0 Å². The van der Waals surface area contributed by atoms with Gasteiger partial charge in [0.05, 0.1) is 11.2 Å². The van der Waals surface area contributed by atoms with Crippen LogP contribution in [0.2, 0.25) is 10.0 Å². The molecule has 0 aliphatic rings. The van der Waals surface area contributed by atoms with Crippen LogP contribution in [0.15, 0.2) is 39.9 Å². The van der Waals surface area contributed by atoms with E-state index in [9.17, 15) is 4.79 Å². The topological polar surface area (TPSA) is 63.8 Å². The van der Waals surface area contributed by atoms with Crippen LogP contribution in [0, 0.1) is 6.92 Å². The van der Waals surface area contributed by atoms with Crippen molar-refractivity contribution in [1.82, 2.24) is 5.43 Å². The largest absolute Gasteiger partial charge is 0.482 e. The highest BCUT2D eigenvalue weighted by Crippen LogP contribution is 2.27. The molecule has 2 aromatic rings. The molecule has 5 nitrogen and oxygen atoms in total.